The Morgan fingerprint density at radius 3 is 2.78 bits per heavy atom. The van der Waals surface area contributed by atoms with Crippen LogP contribution in [0.2, 0.25) is 0 Å². The minimum absolute atomic E-state index is 0.165. The Morgan fingerprint density at radius 1 is 1.44 bits per heavy atom. The monoisotopic (exact) mass is 251 g/mol. The quantitative estimate of drug-likeness (QED) is 0.881. The van der Waals surface area contributed by atoms with Crippen LogP contribution in [0.25, 0.3) is 0 Å². The molecule has 1 atom stereocenters. The SMILES string of the molecule is COc1ccc(C(=O)O)c(N2CCC(OC)C2)c1. The molecule has 0 amide bonds. The molecule has 1 unspecified atom stereocenters. The number of rotatable bonds is 4. The molecule has 1 heterocycles. The van der Waals surface area contributed by atoms with Crippen molar-refractivity contribution >= 4 is 11.7 Å². The molecule has 1 saturated heterocycles. The van der Waals surface area contributed by atoms with Crippen molar-refractivity contribution in [1.29, 1.82) is 0 Å². The van der Waals surface area contributed by atoms with Crippen molar-refractivity contribution in [2.75, 3.05) is 32.2 Å². The molecule has 1 aromatic rings. The van der Waals surface area contributed by atoms with Crippen LogP contribution < -0.4 is 9.64 Å². The molecule has 5 heteroatoms. The van der Waals surface area contributed by atoms with Crippen molar-refractivity contribution in [3.8, 4) is 5.75 Å². The normalized spacial score (nSPS) is 19.0. The summed E-state index contributed by atoms with van der Waals surface area (Å²) in [6, 6.07) is 5.01. The molecule has 1 aliphatic rings. The maximum absolute atomic E-state index is 11.2. The van der Waals surface area contributed by atoms with Gasteiger partial charge >= 0.3 is 5.97 Å². The smallest absolute Gasteiger partial charge is 0.337 e. The summed E-state index contributed by atoms with van der Waals surface area (Å²) >= 11 is 0. The molecule has 98 valence electrons. The van der Waals surface area contributed by atoms with Crippen LogP contribution in [0.1, 0.15) is 16.8 Å². The highest BCUT2D eigenvalue weighted by Gasteiger charge is 2.25. The lowest BCUT2D eigenvalue weighted by Gasteiger charge is -2.21. The van der Waals surface area contributed by atoms with Crippen molar-refractivity contribution < 1.29 is 19.4 Å². The summed E-state index contributed by atoms with van der Waals surface area (Å²) in [4.78, 5) is 13.3. The van der Waals surface area contributed by atoms with E-state index in [-0.39, 0.29) is 6.10 Å². The molecule has 0 spiro atoms. The molecular weight excluding hydrogens is 234 g/mol. The summed E-state index contributed by atoms with van der Waals surface area (Å²) in [6.45, 7) is 1.51. The highest BCUT2D eigenvalue weighted by molar-refractivity contribution is 5.95. The Morgan fingerprint density at radius 2 is 2.22 bits per heavy atom. The van der Waals surface area contributed by atoms with Crippen LogP contribution in [0.15, 0.2) is 18.2 Å². The number of carboxylic acid groups (broad SMARTS) is 1. The number of hydrogen-bond donors (Lipinski definition) is 1. The Hall–Kier alpha value is -1.75. The van der Waals surface area contributed by atoms with E-state index in [9.17, 15) is 9.90 Å². The predicted molar refractivity (Wildman–Crippen MR) is 67.6 cm³/mol. The number of aromatic carboxylic acids is 1. The highest BCUT2D eigenvalue weighted by Crippen LogP contribution is 2.29. The molecule has 0 aromatic heterocycles. The van der Waals surface area contributed by atoms with Gasteiger partial charge in [-0.15, -0.1) is 0 Å². The van der Waals surface area contributed by atoms with E-state index in [1.807, 2.05) is 4.90 Å². The molecule has 2 rings (SSSR count). The molecule has 0 bridgehead atoms. The van der Waals surface area contributed by atoms with Crippen LogP contribution in [0, 0.1) is 0 Å². The topological polar surface area (TPSA) is 59.0 Å². The van der Waals surface area contributed by atoms with Crippen molar-refractivity contribution in [2.45, 2.75) is 12.5 Å². The Kier molecular flexibility index (Phi) is 3.72. The second-order valence-corrected chi connectivity index (χ2v) is 4.28. The van der Waals surface area contributed by atoms with Crippen LogP contribution in [-0.2, 0) is 4.74 Å². The zero-order valence-corrected chi connectivity index (χ0v) is 10.5. The fourth-order valence-electron chi connectivity index (χ4n) is 2.22. The standard InChI is InChI=1S/C13H17NO4/c1-17-9-3-4-11(13(15)16)12(7-9)14-6-5-10(8-14)18-2/h3-4,7,10H,5-6,8H2,1-2H3,(H,15,16). The van der Waals surface area contributed by atoms with Crippen molar-refractivity contribution in [3.05, 3.63) is 23.8 Å². The van der Waals surface area contributed by atoms with E-state index >= 15 is 0 Å². The van der Waals surface area contributed by atoms with Gasteiger partial charge < -0.3 is 19.5 Å². The van der Waals surface area contributed by atoms with E-state index < -0.39 is 5.97 Å². The van der Waals surface area contributed by atoms with Gasteiger partial charge in [-0.05, 0) is 18.6 Å². The first-order valence-electron chi connectivity index (χ1n) is 5.84. The number of methoxy groups -OCH3 is 2. The molecule has 1 fully saturated rings. The van der Waals surface area contributed by atoms with E-state index in [1.54, 1.807) is 32.4 Å². The van der Waals surface area contributed by atoms with Crippen molar-refractivity contribution in [1.82, 2.24) is 0 Å². The zero-order valence-electron chi connectivity index (χ0n) is 10.5. The molecule has 1 N–H and O–H groups in total. The van der Waals surface area contributed by atoms with E-state index in [0.29, 0.717) is 23.5 Å². The van der Waals surface area contributed by atoms with Gasteiger partial charge in [0.2, 0.25) is 0 Å². The summed E-state index contributed by atoms with van der Waals surface area (Å²) in [5.41, 5.74) is 0.994. The number of carbonyl (C=O) groups is 1. The lowest BCUT2D eigenvalue weighted by molar-refractivity contribution is 0.0697. The minimum atomic E-state index is -0.923. The van der Waals surface area contributed by atoms with Crippen LogP contribution in [-0.4, -0.2) is 44.5 Å². The fourth-order valence-corrected chi connectivity index (χ4v) is 2.22. The summed E-state index contributed by atoms with van der Waals surface area (Å²) in [7, 11) is 3.25. The summed E-state index contributed by atoms with van der Waals surface area (Å²) in [6.07, 6.45) is 1.07. The molecule has 0 radical (unpaired) electrons. The molecule has 5 nitrogen and oxygen atoms in total. The van der Waals surface area contributed by atoms with Gasteiger partial charge in [0.25, 0.3) is 0 Å². The van der Waals surface area contributed by atoms with Crippen LogP contribution >= 0.6 is 0 Å². The Bertz CT molecular complexity index is 447. The average Bonchev–Trinajstić information content (AvgIpc) is 2.86. The van der Waals surface area contributed by atoms with Crippen LogP contribution in [0.3, 0.4) is 0 Å². The summed E-state index contributed by atoms with van der Waals surface area (Å²) < 4.78 is 10.5. The lowest BCUT2D eigenvalue weighted by Crippen LogP contribution is -2.24. The van der Waals surface area contributed by atoms with Crippen molar-refractivity contribution in [2.24, 2.45) is 0 Å². The largest absolute Gasteiger partial charge is 0.497 e. The maximum atomic E-state index is 11.2. The van der Waals surface area contributed by atoms with E-state index in [0.717, 1.165) is 13.0 Å². The molecule has 0 saturated carbocycles. The van der Waals surface area contributed by atoms with Gasteiger partial charge in [0.05, 0.1) is 24.5 Å². The number of anilines is 1. The number of ether oxygens (including phenoxy) is 2. The average molecular weight is 251 g/mol. The first kappa shape index (κ1) is 12.7. The van der Waals surface area contributed by atoms with Crippen molar-refractivity contribution in [3.63, 3.8) is 0 Å². The van der Waals surface area contributed by atoms with Gasteiger partial charge in [0.1, 0.15) is 5.75 Å². The maximum Gasteiger partial charge on any atom is 0.337 e. The first-order valence-corrected chi connectivity index (χ1v) is 5.84. The zero-order chi connectivity index (χ0) is 13.1. The molecule has 1 aliphatic heterocycles. The van der Waals surface area contributed by atoms with Gasteiger partial charge in [-0.1, -0.05) is 0 Å². The molecule has 0 aliphatic carbocycles. The molecular formula is C13H17NO4. The second-order valence-electron chi connectivity index (χ2n) is 4.28. The predicted octanol–water partition coefficient (Wildman–Crippen LogP) is 1.62. The molecule has 1 aromatic carbocycles. The summed E-state index contributed by atoms with van der Waals surface area (Å²) in [5, 5.41) is 9.21. The minimum Gasteiger partial charge on any atom is -0.497 e. The van der Waals surface area contributed by atoms with Gasteiger partial charge in [0, 0.05) is 26.3 Å². The second kappa shape index (κ2) is 5.27. The fraction of sp³-hybridized carbons (Fsp3) is 0.462. The van der Waals surface area contributed by atoms with E-state index in [1.165, 1.54) is 0 Å². The lowest BCUT2D eigenvalue weighted by atomic mass is 10.1. The van der Waals surface area contributed by atoms with Gasteiger partial charge in [0.15, 0.2) is 0 Å². The Labute approximate surface area is 106 Å². The van der Waals surface area contributed by atoms with Gasteiger partial charge in [-0.2, -0.15) is 0 Å². The van der Waals surface area contributed by atoms with Crippen LogP contribution in [0.4, 0.5) is 5.69 Å². The Balaban J connectivity index is 2.32. The van der Waals surface area contributed by atoms with E-state index in [2.05, 4.69) is 0 Å². The number of nitrogens with zero attached hydrogens (tertiary/aromatic N) is 1. The van der Waals surface area contributed by atoms with Crippen LogP contribution in [0.5, 0.6) is 5.75 Å². The van der Waals surface area contributed by atoms with Gasteiger partial charge in [-0.25, -0.2) is 4.79 Å². The third-order valence-electron chi connectivity index (χ3n) is 3.25. The third kappa shape index (κ3) is 2.41. The number of carboxylic acids is 1. The molecule has 18 heavy (non-hydrogen) atoms. The van der Waals surface area contributed by atoms with Gasteiger partial charge in [-0.3, -0.25) is 0 Å². The number of benzene rings is 1. The third-order valence-corrected chi connectivity index (χ3v) is 3.25. The summed E-state index contributed by atoms with van der Waals surface area (Å²) in [5.74, 6) is -0.260. The number of hydrogen-bond acceptors (Lipinski definition) is 4. The highest BCUT2D eigenvalue weighted by atomic mass is 16.5. The first-order chi connectivity index (χ1) is 8.65. The van der Waals surface area contributed by atoms with E-state index in [4.69, 9.17) is 9.47 Å².